The second-order valence-corrected chi connectivity index (χ2v) is 7.12. The average Bonchev–Trinajstić information content (AvgIpc) is 2.85. The van der Waals surface area contributed by atoms with Gasteiger partial charge in [-0.1, -0.05) is 22.0 Å². The second kappa shape index (κ2) is 6.21. The van der Waals surface area contributed by atoms with Gasteiger partial charge in [0.25, 0.3) is 0 Å². The molecule has 0 aromatic heterocycles. The van der Waals surface area contributed by atoms with Gasteiger partial charge >= 0.3 is 5.97 Å². The lowest BCUT2D eigenvalue weighted by Gasteiger charge is -2.12. The fourth-order valence-corrected chi connectivity index (χ4v) is 3.91. The number of esters is 1. The van der Waals surface area contributed by atoms with Crippen LogP contribution in [0, 0.1) is 0 Å². The van der Waals surface area contributed by atoms with Crippen LogP contribution in [-0.4, -0.2) is 40.1 Å². The molecule has 2 atom stereocenters. The Labute approximate surface area is 126 Å². The van der Waals surface area contributed by atoms with Gasteiger partial charge < -0.3 is 10.1 Å². The summed E-state index contributed by atoms with van der Waals surface area (Å²) in [6.07, 6.45) is 0.375. The van der Waals surface area contributed by atoms with E-state index in [1.54, 1.807) is 12.1 Å². The molecule has 1 aliphatic heterocycles. The fourth-order valence-electron chi connectivity index (χ4n) is 2.07. The van der Waals surface area contributed by atoms with Crippen LogP contribution in [0.3, 0.4) is 0 Å². The number of ether oxygens (including phenoxy) is 1. The summed E-state index contributed by atoms with van der Waals surface area (Å²) in [5.74, 6) is -0.380. The van der Waals surface area contributed by atoms with Crippen LogP contribution in [0.15, 0.2) is 33.6 Å². The van der Waals surface area contributed by atoms with Crippen molar-refractivity contribution in [3.8, 4) is 0 Å². The molecule has 0 amide bonds. The monoisotopic (exact) mass is 362 g/mol. The van der Waals surface area contributed by atoms with E-state index in [9.17, 15) is 13.2 Å². The van der Waals surface area contributed by atoms with Crippen LogP contribution in [0.4, 0.5) is 0 Å². The third kappa shape index (κ3) is 3.57. The van der Waals surface area contributed by atoms with E-state index in [4.69, 9.17) is 0 Å². The molecule has 8 heteroatoms. The summed E-state index contributed by atoms with van der Waals surface area (Å²) in [6, 6.07) is 5.67. The standard InChI is InChI=1S/C12H15BrN2O4S/c1-19-12(16)11-6-9(7-14-11)15-20(17,18)10-4-2-3-8(13)5-10/h2-5,9,11,14-15H,6-7H2,1H3/t9-,11+/m1/s1. The Kier molecular flexibility index (Phi) is 4.79. The third-order valence-electron chi connectivity index (χ3n) is 3.04. The molecule has 0 radical (unpaired) electrons. The fraction of sp³-hybridized carbons (Fsp3) is 0.417. The zero-order valence-electron chi connectivity index (χ0n) is 10.8. The van der Waals surface area contributed by atoms with Crippen molar-refractivity contribution >= 4 is 31.9 Å². The minimum atomic E-state index is -3.59. The smallest absolute Gasteiger partial charge is 0.322 e. The summed E-state index contributed by atoms with van der Waals surface area (Å²) in [4.78, 5) is 11.6. The van der Waals surface area contributed by atoms with Gasteiger partial charge in [0.05, 0.1) is 12.0 Å². The maximum Gasteiger partial charge on any atom is 0.322 e. The van der Waals surface area contributed by atoms with Crippen LogP contribution in [0.25, 0.3) is 0 Å². The van der Waals surface area contributed by atoms with E-state index in [1.165, 1.54) is 19.2 Å². The predicted octanol–water partition coefficient (Wildman–Crippen LogP) is 0.631. The predicted molar refractivity (Wildman–Crippen MR) is 76.7 cm³/mol. The molecule has 6 nitrogen and oxygen atoms in total. The van der Waals surface area contributed by atoms with Crippen molar-refractivity contribution in [2.24, 2.45) is 0 Å². The Morgan fingerprint density at radius 2 is 2.25 bits per heavy atom. The lowest BCUT2D eigenvalue weighted by atomic mass is 10.2. The molecule has 1 aromatic carbocycles. The van der Waals surface area contributed by atoms with E-state index in [-0.39, 0.29) is 16.9 Å². The molecule has 0 bridgehead atoms. The minimum Gasteiger partial charge on any atom is -0.468 e. The van der Waals surface area contributed by atoms with Crippen LogP contribution in [0.5, 0.6) is 0 Å². The molecule has 1 saturated heterocycles. The van der Waals surface area contributed by atoms with Crippen molar-refractivity contribution in [1.29, 1.82) is 0 Å². The number of rotatable bonds is 4. The van der Waals surface area contributed by atoms with E-state index in [0.717, 1.165) is 0 Å². The van der Waals surface area contributed by atoms with Gasteiger partial charge in [0, 0.05) is 17.1 Å². The molecule has 110 valence electrons. The molecule has 1 fully saturated rings. The molecule has 1 heterocycles. The van der Waals surface area contributed by atoms with Gasteiger partial charge in [-0.05, 0) is 24.6 Å². The van der Waals surface area contributed by atoms with Crippen LogP contribution >= 0.6 is 15.9 Å². The summed E-state index contributed by atoms with van der Waals surface area (Å²) in [5, 5.41) is 2.93. The number of methoxy groups -OCH3 is 1. The lowest BCUT2D eigenvalue weighted by molar-refractivity contribution is -0.142. The molecule has 0 spiro atoms. The van der Waals surface area contributed by atoms with Crippen LogP contribution in [0.2, 0.25) is 0 Å². The van der Waals surface area contributed by atoms with Crippen LogP contribution in [-0.2, 0) is 19.6 Å². The molecule has 1 aromatic rings. The largest absolute Gasteiger partial charge is 0.468 e. The lowest BCUT2D eigenvalue weighted by Crippen LogP contribution is -2.36. The highest BCUT2D eigenvalue weighted by molar-refractivity contribution is 9.10. The topological polar surface area (TPSA) is 84.5 Å². The zero-order valence-corrected chi connectivity index (χ0v) is 13.2. The molecule has 0 unspecified atom stereocenters. The molecule has 2 rings (SSSR count). The quantitative estimate of drug-likeness (QED) is 0.767. The first-order valence-electron chi connectivity index (χ1n) is 6.01. The Hall–Kier alpha value is -0.960. The summed E-state index contributed by atoms with van der Waals surface area (Å²) in [5.41, 5.74) is 0. The van der Waals surface area contributed by atoms with Crippen molar-refractivity contribution in [2.75, 3.05) is 13.7 Å². The van der Waals surface area contributed by atoms with Gasteiger partial charge in [-0.25, -0.2) is 13.1 Å². The Balaban J connectivity index is 2.05. The van der Waals surface area contributed by atoms with Crippen molar-refractivity contribution in [3.05, 3.63) is 28.7 Å². The molecule has 2 N–H and O–H groups in total. The molecule has 20 heavy (non-hydrogen) atoms. The first-order valence-corrected chi connectivity index (χ1v) is 8.29. The number of benzene rings is 1. The number of hydrogen-bond donors (Lipinski definition) is 2. The average molecular weight is 363 g/mol. The van der Waals surface area contributed by atoms with Gasteiger partial charge in [0.2, 0.25) is 10.0 Å². The Morgan fingerprint density at radius 1 is 1.50 bits per heavy atom. The summed E-state index contributed by atoms with van der Waals surface area (Å²) in [7, 11) is -2.29. The molecular formula is C12H15BrN2O4S. The van der Waals surface area contributed by atoms with Gasteiger partial charge in [0.1, 0.15) is 6.04 Å². The van der Waals surface area contributed by atoms with Gasteiger partial charge in [-0.15, -0.1) is 0 Å². The zero-order chi connectivity index (χ0) is 14.8. The highest BCUT2D eigenvalue weighted by Crippen LogP contribution is 2.17. The Morgan fingerprint density at radius 3 is 2.90 bits per heavy atom. The summed E-state index contributed by atoms with van der Waals surface area (Å²) < 4.78 is 32.3. The number of carbonyl (C=O) groups is 1. The van der Waals surface area contributed by atoms with E-state index >= 15 is 0 Å². The van der Waals surface area contributed by atoms with Crippen LogP contribution in [0.1, 0.15) is 6.42 Å². The van der Waals surface area contributed by atoms with Gasteiger partial charge in [-0.2, -0.15) is 0 Å². The summed E-state index contributed by atoms with van der Waals surface area (Å²) in [6.45, 7) is 0.396. The number of sulfonamides is 1. The van der Waals surface area contributed by atoms with E-state index in [2.05, 4.69) is 30.7 Å². The van der Waals surface area contributed by atoms with E-state index in [0.29, 0.717) is 17.4 Å². The first-order chi connectivity index (χ1) is 9.42. The Bertz CT molecular complexity index is 605. The van der Waals surface area contributed by atoms with Gasteiger partial charge in [0.15, 0.2) is 0 Å². The third-order valence-corrected chi connectivity index (χ3v) is 5.06. The molecule has 1 aliphatic rings. The number of hydrogen-bond acceptors (Lipinski definition) is 5. The SMILES string of the molecule is COC(=O)[C@@H]1C[C@@H](NS(=O)(=O)c2cccc(Br)c2)CN1. The first kappa shape index (κ1) is 15.4. The van der Waals surface area contributed by atoms with E-state index in [1.807, 2.05) is 0 Å². The highest BCUT2D eigenvalue weighted by atomic mass is 79.9. The van der Waals surface area contributed by atoms with E-state index < -0.39 is 16.1 Å². The highest BCUT2D eigenvalue weighted by Gasteiger charge is 2.32. The second-order valence-electron chi connectivity index (χ2n) is 4.50. The molecule has 0 aliphatic carbocycles. The molecular weight excluding hydrogens is 348 g/mol. The van der Waals surface area contributed by atoms with Gasteiger partial charge in [-0.3, -0.25) is 4.79 Å². The maximum absolute atomic E-state index is 12.2. The number of carbonyl (C=O) groups excluding carboxylic acids is 1. The number of nitrogens with one attached hydrogen (secondary N) is 2. The van der Waals surface area contributed by atoms with Crippen molar-refractivity contribution in [2.45, 2.75) is 23.4 Å². The van der Waals surface area contributed by atoms with Crippen LogP contribution < -0.4 is 10.0 Å². The van der Waals surface area contributed by atoms with Crippen molar-refractivity contribution in [3.63, 3.8) is 0 Å². The molecule has 0 saturated carbocycles. The van der Waals surface area contributed by atoms with Crippen molar-refractivity contribution < 1.29 is 17.9 Å². The summed E-state index contributed by atoms with van der Waals surface area (Å²) >= 11 is 3.24. The maximum atomic E-state index is 12.2. The normalized spacial score (nSPS) is 22.7. The number of halogens is 1. The minimum absolute atomic E-state index is 0.188. The van der Waals surface area contributed by atoms with Crippen molar-refractivity contribution in [1.82, 2.24) is 10.0 Å².